The molecular weight excluding hydrogens is 432 g/mol. The lowest BCUT2D eigenvalue weighted by Crippen LogP contribution is -2.28. The number of halogens is 1. The number of hydrogen-bond donors (Lipinski definition) is 1. The zero-order valence-electron chi connectivity index (χ0n) is 16.1. The number of aliphatic hydroxyl groups is 1. The second kappa shape index (κ2) is 7.60. The van der Waals surface area contributed by atoms with Crippen molar-refractivity contribution in [1.29, 1.82) is 0 Å². The van der Waals surface area contributed by atoms with Gasteiger partial charge in [-0.15, -0.1) is 22.7 Å². The van der Waals surface area contributed by atoms with Gasteiger partial charge in [0.2, 0.25) is 0 Å². The fraction of sp³-hybridized carbons (Fsp3) is 0.300. The number of amides is 1. The number of thiazole rings is 1. The number of fused-ring (bicyclic) bond motifs is 1. The number of nitrogens with zero attached hydrogens (tertiary/aromatic N) is 2. The average molecular weight is 451 g/mol. The van der Waals surface area contributed by atoms with Gasteiger partial charge in [-0.3, -0.25) is 4.79 Å². The van der Waals surface area contributed by atoms with Gasteiger partial charge < -0.3 is 19.5 Å². The van der Waals surface area contributed by atoms with Crippen LogP contribution in [0.5, 0.6) is 11.5 Å². The molecule has 1 N–H and O–H groups in total. The number of benzene rings is 1. The van der Waals surface area contributed by atoms with Gasteiger partial charge in [0.05, 0.1) is 35.2 Å². The standard InChI is InChI=1S/C20H19ClN2O4S2/c1-20(2,25)10-27-13-5-4-12(7-14(13)26-3)23-9-11-6-15(28-17(11)19(23)24)18-22-8-16(21)29-18/h4-8,25H,9-10H2,1-3H3. The lowest BCUT2D eigenvalue weighted by molar-refractivity contribution is 0.0276. The summed E-state index contributed by atoms with van der Waals surface area (Å²) in [6.07, 6.45) is 1.62. The first kappa shape index (κ1) is 20.2. The third kappa shape index (κ3) is 4.11. The Labute approximate surface area is 181 Å². The van der Waals surface area contributed by atoms with Crippen LogP contribution in [0.15, 0.2) is 30.5 Å². The largest absolute Gasteiger partial charge is 0.493 e. The molecule has 0 spiro atoms. The zero-order valence-corrected chi connectivity index (χ0v) is 18.5. The van der Waals surface area contributed by atoms with Crippen LogP contribution in [0.25, 0.3) is 9.88 Å². The molecular formula is C20H19ClN2O4S2. The molecule has 1 amide bonds. The number of thiophene rings is 1. The molecule has 0 saturated heterocycles. The second-order valence-electron chi connectivity index (χ2n) is 7.26. The Morgan fingerprint density at radius 3 is 2.69 bits per heavy atom. The summed E-state index contributed by atoms with van der Waals surface area (Å²) in [6, 6.07) is 7.35. The van der Waals surface area contributed by atoms with Crippen LogP contribution in [0, 0.1) is 0 Å². The minimum Gasteiger partial charge on any atom is -0.493 e. The minimum absolute atomic E-state index is 0.0499. The monoisotopic (exact) mass is 450 g/mol. The summed E-state index contributed by atoms with van der Waals surface area (Å²) in [4.78, 5) is 20.6. The van der Waals surface area contributed by atoms with Crippen LogP contribution in [-0.4, -0.2) is 35.3 Å². The minimum atomic E-state index is -0.956. The zero-order chi connectivity index (χ0) is 20.8. The van der Waals surface area contributed by atoms with E-state index in [-0.39, 0.29) is 12.5 Å². The molecule has 0 bridgehead atoms. The normalized spacial score (nSPS) is 13.7. The number of ether oxygens (including phenoxy) is 2. The first-order chi connectivity index (χ1) is 13.7. The smallest absolute Gasteiger partial charge is 0.269 e. The number of rotatable bonds is 6. The number of methoxy groups -OCH3 is 1. The Morgan fingerprint density at radius 2 is 2.07 bits per heavy atom. The molecule has 0 saturated carbocycles. The number of hydrogen-bond acceptors (Lipinski definition) is 7. The van der Waals surface area contributed by atoms with Gasteiger partial charge in [-0.2, -0.15) is 0 Å². The predicted molar refractivity (Wildman–Crippen MR) is 116 cm³/mol. The van der Waals surface area contributed by atoms with E-state index in [1.165, 1.54) is 22.7 Å². The maximum absolute atomic E-state index is 13.0. The van der Waals surface area contributed by atoms with E-state index in [4.69, 9.17) is 21.1 Å². The van der Waals surface area contributed by atoms with Crippen molar-refractivity contribution in [2.24, 2.45) is 0 Å². The summed E-state index contributed by atoms with van der Waals surface area (Å²) in [5.74, 6) is 0.974. The van der Waals surface area contributed by atoms with Crippen molar-refractivity contribution in [3.8, 4) is 21.4 Å². The molecule has 3 aromatic rings. The van der Waals surface area contributed by atoms with E-state index in [2.05, 4.69) is 4.98 Å². The first-order valence-electron chi connectivity index (χ1n) is 8.84. The number of carbonyl (C=O) groups is 1. The highest BCUT2D eigenvalue weighted by Crippen LogP contribution is 2.41. The Bertz CT molecular complexity index is 1070. The van der Waals surface area contributed by atoms with Crippen molar-refractivity contribution in [3.63, 3.8) is 0 Å². The van der Waals surface area contributed by atoms with Crippen molar-refractivity contribution in [2.45, 2.75) is 26.0 Å². The molecule has 1 aromatic carbocycles. The van der Waals surface area contributed by atoms with Crippen LogP contribution in [-0.2, 0) is 6.54 Å². The van der Waals surface area contributed by atoms with Crippen molar-refractivity contribution in [3.05, 3.63) is 45.2 Å². The Kier molecular flexibility index (Phi) is 5.29. The number of aromatic nitrogens is 1. The molecule has 0 atom stereocenters. The van der Waals surface area contributed by atoms with E-state index in [1.807, 2.05) is 12.1 Å². The molecule has 152 valence electrons. The van der Waals surface area contributed by atoms with Crippen molar-refractivity contribution < 1.29 is 19.4 Å². The number of carbonyl (C=O) groups excluding carboxylic acids is 1. The van der Waals surface area contributed by atoms with Gasteiger partial charge in [0, 0.05) is 11.8 Å². The second-order valence-corrected chi connectivity index (χ2v) is 9.98. The predicted octanol–water partition coefficient (Wildman–Crippen LogP) is 4.84. The quantitative estimate of drug-likeness (QED) is 0.581. The summed E-state index contributed by atoms with van der Waals surface area (Å²) < 4.78 is 11.7. The highest BCUT2D eigenvalue weighted by atomic mass is 35.5. The molecule has 6 nitrogen and oxygen atoms in total. The summed E-state index contributed by atoms with van der Waals surface area (Å²) in [7, 11) is 1.55. The Hall–Kier alpha value is -2.13. The third-order valence-electron chi connectivity index (χ3n) is 4.30. The Balaban J connectivity index is 1.55. The van der Waals surface area contributed by atoms with Gasteiger partial charge in [0.1, 0.15) is 16.0 Å². The lowest BCUT2D eigenvalue weighted by Gasteiger charge is -2.21. The topological polar surface area (TPSA) is 71.9 Å². The summed E-state index contributed by atoms with van der Waals surface area (Å²) in [5, 5.41) is 10.7. The van der Waals surface area contributed by atoms with Gasteiger partial charge in [0.15, 0.2) is 11.5 Å². The first-order valence-corrected chi connectivity index (χ1v) is 10.9. The molecule has 0 radical (unpaired) electrons. The summed E-state index contributed by atoms with van der Waals surface area (Å²) in [5.41, 5.74) is 0.745. The third-order valence-corrected chi connectivity index (χ3v) is 6.75. The number of anilines is 1. The van der Waals surface area contributed by atoms with Crippen LogP contribution >= 0.6 is 34.3 Å². The van der Waals surface area contributed by atoms with E-state index in [1.54, 1.807) is 44.2 Å². The molecule has 2 aromatic heterocycles. The molecule has 0 aliphatic carbocycles. The SMILES string of the molecule is COc1cc(N2Cc3cc(-c4ncc(Cl)s4)sc3C2=O)ccc1OCC(C)(C)O. The highest BCUT2D eigenvalue weighted by Gasteiger charge is 2.32. The maximum Gasteiger partial charge on any atom is 0.269 e. The molecule has 1 aliphatic rings. The summed E-state index contributed by atoms with van der Waals surface area (Å²) >= 11 is 8.81. The van der Waals surface area contributed by atoms with Crippen LogP contribution in [0.2, 0.25) is 4.34 Å². The van der Waals surface area contributed by atoms with E-state index in [9.17, 15) is 9.90 Å². The van der Waals surface area contributed by atoms with E-state index in [0.29, 0.717) is 27.3 Å². The molecule has 29 heavy (non-hydrogen) atoms. The fourth-order valence-corrected chi connectivity index (χ4v) is 5.06. The van der Waals surface area contributed by atoms with E-state index >= 15 is 0 Å². The van der Waals surface area contributed by atoms with Gasteiger partial charge in [-0.1, -0.05) is 11.6 Å². The van der Waals surface area contributed by atoms with Gasteiger partial charge in [0.25, 0.3) is 5.91 Å². The van der Waals surface area contributed by atoms with Crippen LogP contribution < -0.4 is 14.4 Å². The average Bonchev–Trinajstić information content (AvgIpc) is 3.35. The van der Waals surface area contributed by atoms with Crippen LogP contribution in [0.4, 0.5) is 5.69 Å². The molecule has 9 heteroatoms. The van der Waals surface area contributed by atoms with Gasteiger partial charge in [-0.05, 0) is 37.6 Å². The van der Waals surface area contributed by atoms with E-state index < -0.39 is 5.60 Å². The van der Waals surface area contributed by atoms with Gasteiger partial charge in [-0.25, -0.2) is 4.98 Å². The molecule has 0 fully saturated rings. The summed E-state index contributed by atoms with van der Waals surface area (Å²) in [6.45, 7) is 3.95. The molecule has 0 unspecified atom stereocenters. The van der Waals surface area contributed by atoms with Crippen LogP contribution in [0.1, 0.15) is 29.1 Å². The highest BCUT2D eigenvalue weighted by molar-refractivity contribution is 7.24. The molecule has 3 heterocycles. The van der Waals surface area contributed by atoms with Crippen LogP contribution in [0.3, 0.4) is 0 Å². The lowest BCUT2D eigenvalue weighted by atomic mass is 10.2. The fourth-order valence-electron chi connectivity index (χ4n) is 2.97. The van der Waals surface area contributed by atoms with E-state index in [0.717, 1.165) is 21.1 Å². The Morgan fingerprint density at radius 1 is 1.28 bits per heavy atom. The molecule has 1 aliphatic heterocycles. The van der Waals surface area contributed by atoms with Crippen molar-refractivity contribution >= 4 is 45.9 Å². The molecule has 4 rings (SSSR count). The van der Waals surface area contributed by atoms with Crippen molar-refractivity contribution in [2.75, 3.05) is 18.6 Å². The maximum atomic E-state index is 13.0. The van der Waals surface area contributed by atoms with Crippen molar-refractivity contribution in [1.82, 2.24) is 4.98 Å². The van der Waals surface area contributed by atoms with Gasteiger partial charge >= 0.3 is 0 Å².